The highest BCUT2D eigenvalue weighted by atomic mass is 32.2. The quantitative estimate of drug-likeness (QED) is 0.751. The van der Waals surface area contributed by atoms with Gasteiger partial charge in [-0.1, -0.05) is 18.2 Å². The van der Waals surface area contributed by atoms with Gasteiger partial charge in [0.1, 0.15) is 0 Å². The maximum absolute atomic E-state index is 12.7. The normalized spacial score (nSPS) is 16.0. The first-order valence-corrected chi connectivity index (χ1v) is 10.3. The molecule has 0 aromatic heterocycles. The minimum atomic E-state index is -1.30. The Kier molecular flexibility index (Phi) is 6.96. The summed E-state index contributed by atoms with van der Waals surface area (Å²) in [5.74, 6) is -1.75. The van der Waals surface area contributed by atoms with Crippen molar-refractivity contribution >= 4 is 22.7 Å². The molecule has 1 aromatic rings. The number of benzene rings is 1. The third-order valence-electron chi connectivity index (χ3n) is 4.29. The molecule has 1 N–H and O–H groups in total. The Labute approximate surface area is 162 Å². The van der Waals surface area contributed by atoms with E-state index < -0.39 is 28.7 Å². The zero-order valence-corrected chi connectivity index (χ0v) is 17.1. The summed E-state index contributed by atoms with van der Waals surface area (Å²) in [5, 5.41) is 3.09. The van der Waals surface area contributed by atoms with Gasteiger partial charge in [0.25, 0.3) is 0 Å². The molecule has 1 aliphatic heterocycles. The molecule has 0 fully saturated rings. The summed E-state index contributed by atoms with van der Waals surface area (Å²) >= 11 is 0. The molecule has 1 atom stereocenters. The standard InChI is InChI=1S/C20H25NO5S/c1-6-25-19(22)16-12(3)21-13(4)17(20(23)26-7-2)18(16)14-10-8-9-11-15(14)27(5)24/h8-11,18,21H,6-7H2,1-5H3. The van der Waals surface area contributed by atoms with E-state index in [9.17, 15) is 13.8 Å². The van der Waals surface area contributed by atoms with Crippen molar-refractivity contribution in [2.45, 2.75) is 38.5 Å². The number of ether oxygens (including phenoxy) is 2. The number of nitrogens with one attached hydrogen (secondary N) is 1. The first-order valence-electron chi connectivity index (χ1n) is 8.78. The summed E-state index contributed by atoms with van der Waals surface area (Å²) in [4.78, 5) is 26.0. The number of rotatable bonds is 6. The fraction of sp³-hybridized carbons (Fsp3) is 0.400. The van der Waals surface area contributed by atoms with E-state index >= 15 is 0 Å². The molecule has 1 unspecified atom stereocenters. The van der Waals surface area contributed by atoms with Gasteiger partial charge in [-0.2, -0.15) is 0 Å². The first-order chi connectivity index (χ1) is 12.8. The molecule has 7 heteroatoms. The van der Waals surface area contributed by atoms with Gasteiger partial charge in [-0.05, 0) is 39.3 Å². The van der Waals surface area contributed by atoms with Gasteiger partial charge < -0.3 is 14.8 Å². The summed E-state index contributed by atoms with van der Waals surface area (Å²) in [6, 6.07) is 7.10. The van der Waals surface area contributed by atoms with E-state index in [1.165, 1.54) is 0 Å². The molecule has 1 aromatic carbocycles. The number of allylic oxidation sites excluding steroid dienone is 2. The molecule has 2 rings (SSSR count). The lowest BCUT2D eigenvalue weighted by atomic mass is 9.80. The van der Waals surface area contributed by atoms with E-state index in [-0.39, 0.29) is 13.2 Å². The van der Waals surface area contributed by atoms with E-state index in [0.29, 0.717) is 33.0 Å². The Morgan fingerprint density at radius 1 is 1.00 bits per heavy atom. The van der Waals surface area contributed by atoms with Crippen molar-refractivity contribution in [1.82, 2.24) is 5.32 Å². The number of esters is 2. The molecule has 0 saturated heterocycles. The summed E-state index contributed by atoms with van der Waals surface area (Å²) < 4.78 is 22.8. The molecule has 1 heterocycles. The summed E-state index contributed by atoms with van der Waals surface area (Å²) in [7, 11) is -1.30. The SMILES string of the molecule is CCOC(=O)C1=C(C)NC(C)=C(C(=O)OCC)C1c1ccccc1S(C)=O. The van der Waals surface area contributed by atoms with Crippen molar-refractivity contribution in [3.05, 3.63) is 52.4 Å². The van der Waals surface area contributed by atoms with Crippen LogP contribution in [0, 0.1) is 0 Å². The summed E-state index contributed by atoms with van der Waals surface area (Å²) in [6.45, 7) is 7.39. The molecular formula is C20H25NO5S. The predicted molar refractivity (Wildman–Crippen MR) is 103 cm³/mol. The Bertz CT molecular complexity index is 801. The highest BCUT2D eigenvalue weighted by Gasteiger charge is 2.39. The average molecular weight is 391 g/mol. The van der Waals surface area contributed by atoms with Crippen LogP contribution in [0.4, 0.5) is 0 Å². The van der Waals surface area contributed by atoms with Crippen LogP contribution in [0.5, 0.6) is 0 Å². The van der Waals surface area contributed by atoms with Crippen LogP contribution in [-0.2, 0) is 29.9 Å². The first kappa shape index (κ1) is 20.9. The second-order valence-electron chi connectivity index (χ2n) is 6.07. The molecule has 0 spiro atoms. The molecule has 146 valence electrons. The van der Waals surface area contributed by atoms with Crippen LogP contribution >= 0.6 is 0 Å². The van der Waals surface area contributed by atoms with Gasteiger partial charge in [-0.15, -0.1) is 0 Å². The Morgan fingerprint density at radius 2 is 1.48 bits per heavy atom. The van der Waals surface area contributed by atoms with Gasteiger partial charge in [0, 0.05) is 22.5 Å². The van der Waals surface area contributed by atoms with Crippen LogP contribution < -0.4 is 5.32 Å². The van der Waals surface area contributed by atoms with Gasteiger partial charge in [0.05, 0.1) is 41.1 Å². The van der Waals surface area contributed by atoms with E-state index in [0.717, 1.165) is 0 Å². The van der Waals surface area contributed by atoms with E-state index in [1.54, 1.807) is 58.2 Å². The topological polar surface area (TPSA) is 81.7 Å². The van der Waals surface area contributed by atoms with Gasteiger partial charge in [0.2, 0.25) is 0 Å². The Morgan fingerprint density at radius 3 is 1.93 bits per heavy atom. The van der Waals surface area contributed by atoms with E-state index in [4.69, 9.17) is 9.47 Å². The van der Waals surface area contributed by atoms with E-state index in [2.05, 4.69) is 5.32 Å². The third-order valence-corrected chi connectivity index (χ3v) is 5.28. The maximum Gasteiger partial charge on any atom is 0.336 e. The molecule has 6 nitrogen and oxygen atoms in total. The number of hydrogen-bond acceptors (Lipinski definition) is 6. The van der Waals surface area contributed by atoms with Gasteiger partial charge in [0.15, 0.2) is 0 Å². The zero-order chi connectivity index (χ0) is 20.1. The second-order valence-corrected chi connectivity index (χ2v) is 7.42. The van der Waals surface area contributed by atoms with Crippen molar-refractivity contribution in [2.75, 3.05) is 19.5 Å². The molecular weight excluding hydrogens is 366 g/mol. The molecule has 27 heavy (non-hydrogen) atoms. The highest BCUT2D eigenvalue weighted by molar-refractivity contribution is 7.84. The van der Waals surface area contributed by atoms with Crippen LogP contribution in [0.2, 0.25) is 0 Å². The van der Waals surface area contributed by atoms with Crippen molar-refractivity contribution in [2.24, 2.45) is 0 Å². The zero-order valence-electron chi connectivity index (χ0n) is 16.3. The van der Waals surface area contributed by atoms with Crippen LogP contribution in [0.1, 0.15) is 39.2 Å². The van der Waals surface area contributed by atoms with Gasteiger partial charge in [-0.3, -0.25) is 4.21 Å². The van der Waals surface area contributed by atoms with Crippen molar-refractivity contribution < 1.29 is 23.3 Å². The molecule has 0 saturated carbocycles. The molecule has 1 aliphatic rings. The van der Waals surface area contributed by atoms with Gasteiger partial charge in [-0.25, -0.2) is 9.59 Å². The third kappa shape index (κ3) is 4.30. The van der Waals surface area contributed by atoms with Gasteiger partial charge >= 0.3 is 11.9 Å². The van der Waals surface area contributed by atoms with Crippen LogP contribution in [0.15, 0.2) is 51.7 Å². The molecule has 0 aliphatic carbocycles. The number of carbonyl (C=O) groups excluding carboxylic acids is 2. The number of hydrogen-bond donors (Lipinski definition) is 1. The van der Waals surface area contributed by atoms with Crippen molar-refractivity contribution in [1.29, 1.82) is 0 Å². The molecule has 0 radical (unpaired) electrons. The maximum atomic E-state index is 12.7. The molecule has 0 amide bonds. The Balaban J connectivity index is 2.75. The lowest BCUT2D eigenvalue weighted by Gasteiger charge is -2.31. The van der Waals surface area contributed by atoms with Crippen LogP contribution in [0.25, 0.3) is 0 Å². The summed E-state index contributed by atoms with van der Waals surface area (Å²) in [5.41, 5.74) is 2.47. The second kappa shape index (κ2) is 8.99. The highest BCUT2D eigenvalue weighted by Crippen LogP contribution is 2.41. The fourth-order valence-corrected chi connectivity index (χ4v) is 4.03. The smallest absolute Gasteiger partial charge is 0.336 e. The van der Waals surface area contributed by atoms with Crippen molar-refractivity contribution in [3.8, 4) is 0 Å². The van der Waals surface area contributed by atoms with Crippen molar-refractivity contribution in [3.63, 3.8) is 0 Å². The monoisotopic (exact) mass is 391 g/mol. The van der Waals surface area contributed by atoms with Crippen LogP contribution in [-0.4, -0.2) is 35.6 Å². The minimum absolute atomic E-state index is 0.209. The average Bonchev–Trinajstić information content (AvgIpc) is 2.61. The Hall–Kier alpha value is -2.41. The lowest BCUT2D eigenvalue weighted by Crippen LogP contribution is -2.33. The number of dihydropyridines is 1. The molecule has 0 bridgehead atoms. The van der Waals surface area contributed by atoms with E-state index in [1.807, 2.05) is 0 Å². The number of carbonyl (C=O) groups is 2. The lowest BCUT2D eigenvalue weighted by molar-refractivity contribution is -0.139. The van der Waals surface area contributed by atoms with Crippen LogP contribution in [0.3, 0.4) is 0 Å². The summed E-state index contributed by atoms with van der Waals surface area (Å²) in [6.07, 6.45) is 1.57. The fourth-order valence-electron chi connectivity index (χ4n) is 3.24. The minimum Gasteiger partial charge on any atom is -0.463 e. The largest absolute Gasteiger partial charge is 0.463 e. The predicted octanol–water partition coefficient (Wildman–Crippen LogP) is 2.79.